The first-order valence-electron chi connectivity index (χ1n) is 11.3. The van der Waals surface area contributed by atoms with Crippen molar-refractivity contribution in [1.82, 2.24) is 0 Å². The molecular formula is C28H29AsN2O2. The molecule has 33 heavy (non-hydrogen) atoms. The molecule has 0 saturated carbocycles. The van der Waals surface area contributed by atoms with Crippen LogP contribution in [0.1, 0.15) is 19.8 Å². The van der Waals surface area contributed by atoms with Crippen LogP contribution in [-0.2, 0) is 0 Å². The molecule has 5 heteroatoms. The molecule has 0 aliphatic heterocycles. The number of hydrogen-bond donors (Lipinski definition) is 2. The Labute approximate surface area is 201 Å². The normalized spacial score (nSPS) is 10.6. The zero-order valence-electron chi connectivity index (χ0n) is 18.8. The van der Waals surface area contributed by atoms with Crippen molar-refractivity contribution in [2.75, 3.05) is 8.47 Å². The van der Waals surface area contributed by atoms with Crippen LogP contribution >= 0.6 is 0 Å². The average molecular weight is 500 g/mol. The van der Waals surface area contributed by atoms with Gasteiger partial charge in [-0.1, -0.05) is 0 Å². The van der Waals surface area contributed by atoms with Crippen molar-refractivity contribution in [3.63, 3.8) is 0 Å². The van der Waals surface area contributed by atoms with Crippen molar-refractivity contribution < 1.29 is 9.47 Å². The van der Waals surface area contributed by atoms with Crippen molar-refractivity contribution in [1.29, 1.82) is 0 Å². The van der Waals surface area contributed by atoms with E-state index in [1.54, 1.807) is 0 Å². The maximum absolute atomic E-state index is 6.18. The second-order valence-electron chi connectivity index (χ2n) is 7.55. The van der Waals surface area contributed by atoms with E-state index in [1.807, 2.05) is 97.1 Å². The zero-order chi connectivity index (χ0) is 22.7. The van der Waals surface area contributed by atoms with Crippen LogP contribution in [0.5, 0.6) is 23.0 Å². The van der Waals surface area contributed by atoms with Gasteiger partial charge in [-0.25, -0.2) is 0 Å². The van der Waals surface area contributed by atoms with Gasteiger partial charge in [0.15, 0.2) is 0 Å². The van der Waals surface area contributed by atoms with E-state index in [0.717, 1.165) is 52.4 Å². The van der Waals surface area contributed by atoms with Crippen LogP contribution in [-0.4, -0.2) is 15.1 Å². The van der Waals surface area contributed by atoms with E-state index >= 15 is 0 Å². The predicted molar refractivity (Wildman–Crippen MR) is 139 cm³/mol. The summed E-state index contributed by atoms with van der Waals surface area (Å²) in [5.41, 5.74) is 2.01. The Morgan fingerprint density at radius 3 is 1.45 bits per heavy atom. The monoisotopic (exact) mass is 500 g/mol. The molecule has 0 aliphatic carbocycles. The summed E-state index contributed by atoms with van der Waals surface area (Å²) in [7, 11) is 0. The van der Waals surface area contributed by atoms with Crippen LogP contribution in [0.3, 0.4) is 0 Å². The number of rotatable bonds is 11. The topological polar surface area (TPSA) is 42.5 Å². The van der Waals surface area contributed by atoms with Gasteiger partial charge in [0.05, 0.1) is 0 Å². The van der Waals surface area contributed by atoms with Crippen molar-refractivity contribution >= 4 is 26.5 Å². The number of anilines is 2. The predicted octanol–water partition coefficient (Wildman–Crippen LogP) is 8.08. The van der Waals surface area contributed by atoms with Gasteiger partial charge < -0.3 is 0 Å². The summed E-state index contributed by atoms with van der Waals surface area (Å²) in [5, 5.41) is 1.10. The van der Waals surface area contributed by atoms with Crippen molar-refractivity contribution in [2.24, 2.45) is 0 Å². The number of ether oxygens (including phenoxy) is 2. The first kappa shape index (κ1) is 22.8. The van der Waals surface area contributed by atoms with Gasteiger partial charge in [0.1, 0.15) is 0 Å². The number of benzene rings is 4. The van der Waals surface area contributed by atoms with Gasteiger partial charge >= 0.3 is 202 Å². The third-order valence-electron chi connectivity index (χ3n) is 4.96. The fourth-order valence-electron chi connectivity index (χ4n) is 3.27. The molecule has 4 rings (SSSR count). The standard InChI is InChI=1S/C28H29AsN2O2/c1-2-3-22-29(30-25-18-10-12-20-27(25)32-23-14-6-4-7-15-23)31-26-19-11-13-21-28(26)33-24-16-8-5-9-17-24/h4-21,30-31H,2-3,22H2,1H3. The molecule has 168 valence electrons. The van der Waals surface area contributed by atoms with Gasteiger partial charge in [0, 0.05) is 0 Å². The Hall–Kier alpha value is -3.36. The summed E-state index contributed by atoms with van der Waals surface area (Å²) in [6.07, 6.45) is 2.31. The Kier molecular flexibility index (Phi) is 8.32. The molecule has 0 atom stereocenters. The van der Waals surface area contributed by atoms with E-state index in [4.69, 9.17) is 9.47 Å². The van der Waals surface area contributed by atoms with Gasteiger partial charge in [-0.2, -0.15) is 0 Å². The summed E-state index contributed by atoms with van der Waals surface area (Å²) in [4.78, 5) is 0. The zero-order valence-corrected chi connectivity index (χ0v) is 20.7. The number of unbranched alkanes of at least 4 members (excludes halogenated alkanes) is 1. The molecule has 0 unspecified atom stereocenters. The quantitative estimate of drug-likeness (QED) is 0.204. The number of nitrogens with one attached hydrogen (secondary N) is 2. The Balaban J connectivity index is 1.53. The summed E-state index contributed by atoms with van der Waals surface area (Å²) < 4.78 is 19.9. The first-order valence-corrected chi connectivity index (χ1v) is 14.5. The van der Waals surface area contributed by atoms with Crippen molar-refractivity contribution in [3.8, 4) is 23.0 Å². The van der Waals surface area contributed by atoms with Gasteiger partial charge in [0.25, 0.3) is 0 Å². The number of para-hydroxylation sites is 6. The fraction of sp³-hybridized carbons (Fsp3) is 0.143. The molecule has 0 bridgehead atoms. The van der Waals surface area contributed by atoms with Crippen LogP contribution in [0.25, 0.3) is 0 Å². The molecule has 0 fully saturated rings. The molecule has 4 nitrogen and oxygen atoms in total. The van der Waals surface area contributed by atoms with E-state index in [0.29, 0.717) is 0 Å². The molecule has 0 spiro atoms. The molecule has 0 aliphatic rings. The van der Waals surface area contributed by atoms with Gasteiger partial charge in [0.2, 0.25) is 0 Å². The molecule has 2 N–H and O–H groups in total. The molecule has 4 aromatic carbocycles. The minimum absolute atomic E-state index is 0.828. The molecule has 0 saturated heterocycles. The van der Waals surface area contributed by atoms with Crippen LogP contribution in [0, 0.1) is 0 Å². The molecule has 4 aromatic rings. The van der Waals surface area contributed by atoms with Crippen LogP contribution < -0.4 is 17.9 Å². The van der Waals surface area contributed by atoms with Crippen molar-refractivity contribution in [2.45, 2.75) is 25.0 Å². The third-order valence-corrected chi connectivity index (χ3v) is 8.71. The second-order valence-corrected chi connectivity index (χ2v) is 11.2. The maximum atomic E-state index is 6.18. The van der Waals surface area contributed by atoms with E-state index in [2.05, 4.69) is 27.5 Å². The Morgan fingerprint density at radius 2 is 1.00 bits per heavy atom. The molecular weight excluding hydrogens is 471 g/mol. The summed E-state index contributed by atoms with van der Waals surface area (Å²) >= 11 is -1.72. The van der Waals surface area contributed by atoms with Crippen LogP contribution in [0.4, 0.5) is 11.4 Å². The molecule has 0 amide bonds. The Morgan fingerprint density at radius 1 is 0.576 bits per heavy atom. The van der Waals surface area contributed by atoms with Crippen molar-refractivity contribution in [3.05, 3.63) is 109 Å². The van der Waals surface area contributed by atoms with Crippen LogP contribution in [0.15, 0.2) is 109 Å². The van der Waals surface area contributed by atoms with E-state index in [-0.39, 0.29) is 0 Å². The van der Waals surface area contributed by atoms with Gasteiger partial charge in [-0.15, -0.1) is 0 Å². The van der Waals surface area contributed by atoms with E-state index < -0.39 is 15.1 Å². The molecule has 0 radical (unpaired) electrons. The minimum atomic E-state index is -1.72. The van der Waals surface area contributed by atoms with Gasteiger partial charge in [-0.3, -0.25) is 0 Å². The van der Waals surface area contributed by atoms with E-state index in [9.17, 15) is 0 Å². The summed E-state index contributed by atoms with van der Waals surface area (Å²) in [6, 6.07) is 36.1. The average Bonchev–Trinajstić information content (AvgIpc) is 2.86. The SMILES string of the molecule is CCCC[As](Nc1ccccc1Oc1ccccc1)Nc1ccccc1Oc1ccccc1. The van der Waals surface area contributed by atoms with Gasteiger partial charge in [-0.05, 0) is 0 Å². The summed E-state index contributed by atoms with van der Waals surface area (Å²) in [5.74, 6) is 3.31. The van der Waals surface area contributed by atoms with E-state index in [1.165, 1.54) is 0 Å². The van der Waals surface area contributed by atoms with Crippen LogP contribution in [0.2, 0.25) is 5.21 Å². The Bertz CT molecular complexity index is 1040. The second kappa shape index (κ2) is 12.0. The number of hydrogen-bond acceptors (Lipinski definition) is 4. The first-order chi connectivity index (χ1) is 16.3. The molecule has 0 heterocycles. The summed E-state index contributed by atoms with van der Waals surface area (Å²) in [6.45, 7) is 2.23. The molecule has 0 aromatic heterocycles. The fourth-order valence-corrected chi connectivity index (χ4v) is 7.18. The third kappa shape index (κ3) is 6.81.